The van der Waals surface area contributed by atoms with Gasteiger partial charge in [-0.2, -0.15) is 0 Å². The predicted molar refractivity (Wildman–Crippen MR) is 73.2 cm³/mol. The Kier molecular flexibility index (Phi) is 3.80. The second-order valence-corrected chi connectivity index (χ2v) is 4.35. The summed E-state index contributed by atoms with van der Waals surface area (Å²) in [5, 5.41) is 2.76. The number of carbonyl (C=O) groups is 1. The number of benzene rings is 2. The molecule has 2 aromatic carbocycles. The molecule has 3 nitrogen and oxygen atoms in total. The van der Waals surface area contributed by atoms with Gasteiger partial charge in [0.15, 0.2) is 0 Å². The summed E-state index contributed by atoms with van der Waals surface area (Å²) in [7, 11) is 0. The molecule has 0 atom stereocenters. The molecule has 0 unspecified atom stereocenters. The number of para-hydroxylation sites is 1. The number of nitrogen functional groups attached to an aromatic ring is 1. The third-order valence-electron chi connectivity index (χ3n) is 2.91. The molecule has 0 aromatic heterocycles. The Balaban J connectivity index is 2.05. The maximum Gasteiger partial charge on any atom is 0.251 e. The number of nitrogens with two attached hydrogens (primary N) is 1. The average molecular weight is 258 g/mol. The molecule has 0 saturated carbocycles. The lowest BCUT2D eigenvalue weighted by Gasteiger charge is -2.08. The summed E-state index contributed by atoms with van der Waals surface area (Å²) in [4.78, 5) is 11.9. The molecule has 0 saturated heterocycles. The second-order valence-electron chi connectivity index (χ2n) is 4.35. The van der Waals surface area contributed by atoms with Crippen LogP contribution in [0.1, 0.15) is 21.5 Å². The lowest BCUT2D eigenvalue weighted by atomic mass is 10.1. The van der Waals surface area contributed by atoms with Gasteiger partial charge in [0.05, 0.1) is 0 Å². The van der Waals surface area contributed by atoms with Crippen LogP contribution in [0.2, 0.25) is 0 Å². The van der Waals surface area contributed by atoms with Gasteiger partial charge >= 0.3 is 0 Å². The van der Waals surface area contributed by atoms with Crippen molar-refractivity contribution in [3.05, 3.63) is 65.0 Å². The summed E-state index contributed by atoms with van der Waals surface area (Å²) in [5.41, 5.74) is 8.17. The molecular weight excluding hydrogens is 243 g/mol. The van der Waals surface area contributed by atoms with E-state index in [1.165, 1.54) is 18.2 Å². The maximum atomic E-state index is 13.1. The van der Waals surface area contributed by atoms with Gasteiger partial charge in [-0.1, -0.05) is 18.2 Å². The van der Waals surface area contributed by atoms with E-state index in [1.807, 2.05) is 18.2 Å². The molecule has 0 bridgehead atoms. The van der Waals surface area contributed by atoms with Crippen molar-refractivity contribution in [3.8, 4) is 0 Å². The Labute approximate surface area is 111 Å². The minimum atomic E-state index is -0.316. The molecule has 4 heteroatoms. The molecule has 1 amide bonds. The summed E-state index contributed by atoms with van der Waals surface area (Å²) in [6.45, 7) is 1.98. The zero-order chi connectivity index (χ0) is 13.8. The SMILES string of the molecule is Cc1cc(C(=O)NCc2ccccc2N)ccc1F. The Bertz CT molecular complexity index is 611. The summed E-state index contributed by atoms with van der Waals surface area (Å²) in [6, 6.07) is 11.6. The van der Waals surface area contributed by atoms with Crippen molar-refractivity contribution in [1.29, 1.82) is 0 Å². The molecule has 0 aliphatic carbocycles. The Morgan fingerprint density at radius 2 is 2.00 bits per heavy atom. The highest BCUT2D eigenvalue weighted by atomic mass is 19.1. The summed E-state index contributed by atoms with van der Waals surface area (Å²) < 4.78 is 13.1. The number of anilines is 1. The van der Waals surface area contributed by atoms with Crippen LogP contribution in [0.4, 0.5) is 10.1 Å². The number of hydrogen-bond acceptors (Lipinski definition) is 2. The lowest BCUT2D eigenvalue weighted by Crippen LogP contribution is -2.23. The van der Waals surface area contributed by atoms with E-state index in [0.717, 1.165) is 5.56 Å². The molecule has 0 fully saturated rings. The van der Waals surface area contributed by atoms with Gasteiger partial charge in [0.1, 0.15) is 5.82 Å². The molecule has 2 rings (SSSR count). The molecule has 98 valence electrons. The number of amides is 1. The highest BCUT2D eigenvalue weighted by Crippen LogP contribution is 2.12. The molecule has 0 aliphatic heterocycles. The standard InChI is InChI=1S/C15H15FN2O/c1-10-8-11(6-7-13(10)16)15(19)18-9-12-4-2-3-5-14(12)17/h2-8H,9,17H2,1H3,(H,18,19). The van der Waals surface area contributed by atoms with Crippen LogP contribution in [-0.2, 0) is 6.54 Å². The molecule has 2 aromatic rings. The minimum absolute atomic E-state index is 0.244. The fourth-order valence-electron chi connectivity index (χ4n) is 1.76. The van der Waals surface area contributed by atoms with E-state index in [-0.39, 0.29) is 11.7 Å². The topological polar surface area (TPSA) is 55.1 Å². The van der Waals surface area contributed by atoms with Crippen LogP contribution in [0.3, 0.4) is 0 Å². The third-order valence-corrected chi connectivity index (χ3v) is 2.91. The van der Waals surface area contributed by atoms with Gasteiger partial charge in [0, 0.05) is 17.8 Å². The average Bonchev–Trinajstić information content (AvgIpc) is 2.40. The number of hydrogen-bond donors (Lipinski definition) is 2. The van der Waals surface area contributed by atoms with Crippen LogP contribution in [0.5, 0.6) is 0 Å². The van der Waals surface area contributed by atoms with Crippen molar-refractivity contribution in [2.24, 2.45) is 0 Å². The largest absolute Gasteiger partial charge is 0.398 e. The molecular formula is C15H15FN2O. The fourth-order valence-corrected chi connectivity index (χ4v) is 1.76. The van der Waals surface area contributed by atoms with Gasteiger partial charge in [-0.3, -0.25) is 4.79 Å². The van der Waals surface area contributed by atoms with Crippen LogP contribution in [0.25, 0.3) is 0 Å². The molecule has 3 N–H and O–H groups in total. The van der Waals surface area contributed by atoms with Gasteiger partial charge in [-0.25, -0.2) is 4.39 Å². The fraction of sp³-hybridized carbons (Fsp3) is 0.133. The van der Waals surface area contributed by atoms with Crippen LogP contribution >= 0.6 is 0 Å². The van der Waals surface area contributed by atoms with Gasteiger partial charge < -0.3 is 11.1 Å². The Hall–Kier alpha value is -2.36. The summed E-state index contributed by atoms with van der Waals surface area (Å²) in [5.74, 6) is -0.560. The van der Waals surface area contributed by atoms with E-state index < -0.39 is 0 Å². The third kappa shape index (κ3) is 3.10. The first kappa shape index (κ1) is 13.1. The predicted octanol–water partition coefficient (Wildman–Crippen LogP) is 2.65. The molecule has 0 spiro atoms. The Morgan fingerprint density at radius 3 is 2.68 bits per heavy atom. The van der Waals surface area contributed by atoms with Crippen molar-refractivity contribution in [2.45, 2.75) is 13.5 Å². The zero-order valence-corrected chi connectivity index (χ0v) is 10.6. The van der Waals surface area contributed by atoms with Crippen LogP contribution < -0.4 is 11.1 Å². The van der Waals surface area contributed by atoms with E-state index >= 15 is 0 Å². The number of nitrogens with one attached hydrogen (secondary N) is 1. The number of halogens is 1. The van der Waals surface area contributed by atoms with E-state index in [0.29, 0.717) is 23.4 Å². The minimum Gasteiger partial charge on any atom is -0.398 e. The highest BCUT2D eigenvalue weighted by Gasteiger charge is 2.08. The number of carbonyl (C=O) groups excluding carboxylic acids is 1. The maximum absolute atomic E-state index is 13.1. The van der Waals surface area contributed by atoms with Gasteiger partial charge in [-0.15, -0.1) is 0 Å². The summed E-state index contributed by atoms with van der Waals surface area (Å²) in [6.07, 6.45) is 0. The van der Waals surface area contributed by atoms with Crippen molar-refractivity contribution in [1.82, 2.24) is 5.32 Å². The molecule has 0 radical (unpaired) electrons. The van der Waals surface area contributed by atoms with Gasteiger partial charge in [-0.05, 0) is 42.3 Å². The van der Waals surface area contributed by atoms with Crippen molar-refractivity contribution in [2.75, 3.05) is 5.73 Å². The first-order valence-corrected chi connectivity index (χ1v) is 5.95. The van der Waals surface area contributed by atoms with E-state index in [1.54, 1.807) is 13.0 Å². The first-order chi connectivity index (χ1) is 9.08. The lowest BCUT2D eigenvalue weighted by molar-refractivity contribution is 0.0951. The van der Waals surface area contributed by atoms with Gasteiger partial charge in [0.25, 0.3) is 5.91 Å². The Morgan fingerprint density at radius 1 is 1.26 bits per heavy atom. The van der Waals surface area contributed by atoms with Crippen molar-refractivity contribution < 1.29 is 9.18 Å². The van der Waals surface area contributed by atoms with Crippen molar-refractivity contribution >= 4 is 11.6 Å². The van der Waals surface area contributed by atoms with Crippen LogP contribution in [-0.4, -0.2) is 5.91 Å². The molecule has 0 heterocycles. The van der Waals surface area contributed by atoms with E-state index in [2.05, 4.69) is 5.32 Å². The quantitative estimate of drug-likeness (QED) is 0.831. The van der Waals surface area contributed by atoms with Crippen molar-refractivity contribution in [3.63, 3.8) is 0 Å². The monoisotopic (exact) mass is 258 g/mol. The first-order valence-electron chi connectivity index (χ1n) is 5.95. The second kappa shape index (κ2) is 5.52. The van der Waals surface area contributed by atoms with Crippen LogP contribution in [0.15, 0.2) is 42.5 Å². The summed E-state index contributed by atoms with van der Waals surface area (Å²) >= 11 is 0. The molecule has 0 aliphatic rings. The smallest absolute Gasteiger partial charge is 0.251 e. The number of rotatable bonds is 3. The van der Waals surface area contributed by atoms with Crippen LogP contribution in [0, 0.1) is 12.7 Å². The normalized spacial score (nSPS) is 10.2. The number of aryl methyl sites for hydroxylation is 1. The molecule has 19 heavy (non-hydrogen) atoms. The van der Waals surface area contributed by atoms with Gasteiger partial charge in [0.2, 0.25) is 0 Å². The van der Waals surface area contributed by atoms with E-state index in [4.69, 9.17) is 5.73 Å². The zero-order valence-electron chi connectivity index (χ0n) is 10.6. The van der Waals surface area contributed by atoms with E-state index in [9.17, 15) is 9.18 Å². The highest BCUT2D eigenvalue weighted by molar-refractivity contribution is 5.94.